The van der Waals surface area contributed by atoms with Crippen LogP contribution in [0.15, 0.2) is 48.7 Å². The number of pyridine rings is 1. The summed E-state index contributed by atoms with van der Waals surface area (Å²) in [5.74, 6) is -2.89. The number of hydrogen-bond acceptors (Lipinski definition) is 4. The zero-order chi connectivity index (χ0) is 35.4. The van der Waals surface area contributed by atoms with E-state index in [-0.39, 0.29) is 35.9 Å². The molecule has 3 aromatic rings. The van der Waals surface area contributed by atoms with Crippen LogP contribution in [-0.4, -0.2) is 50.7 Å². The summed E-state index contributed by atoms with van der Waals surface area (Å²) >= 11 is 0. The Labute approximate surface area is 264 Å². The van der Waals surface area contributed by atoms with Gasteiger partial charge in [0.1, 0.15) is 11.4 Å². The van der Waals surface area contributed by atoms with Crippen LogP contribution in [0.1, 0.15) is 67.6 Å². The van der Waals surface area contributed by atoms with Gasteiger partial charge in [0.15, 0.2) is 0 Å². The Balaban J connectivity index is 1.87. The van der Waals surface area contributed by atoms with Gasteiger partial charge in [0.2, 0.25) is 5.91 Å². The zero-order valence-corrected chi connectivity index (χ0v) is 25.7. The number of rotatable bonds is 6. The second-order valence-corrected chi connectivity index (χ2v) is 12.2. The van der Waals surface area contributed by atoms with Gasteiger partial charge in [0.05, 0.1) is 40.2 Å². The van der Waals surface area contributed by atoms with Crippen molar-refractivity contribution in [2.45, 2.75) is 69.9 Å². The first kappa shape index (κ1) is 35.2. The first-order chi connectivity index (χ1) is 21.5. The monoisotopic (exact) mass is 669 g/mol. The highest BCUT2D eigenvalue weighted by Crippen LogP contribution is 2.45. The number of likely N-dealkylation sites (tertiary alicyclic amines) is 1. The third kappa shape index (κ3) is 6.47. The average Bonchev–Trinajstić information content (AvgIpc) is 3.34. The van der Waals surface area contributed by atoms with Gasteiger partial charge in [0, 0.05) is 12.6 Å². The van der Waals surface area contributed by atoms with Crippen LogP contribution in [0.2, 0.25) is 0 Å². The molecule has 0 saturated carbocycles. The van der Waals surface area contributed by atoms with Crippen molar-refractivity contribution in [3.05, 3.63) is 82.4 Å². The summed E-state index contributed by atoms with van der Waals surface area (Å²) in [6.07, 6.45) is -10.6. The van der Waals surface area contributed by atoms with E-state index in [9.17, 15) is 55.3 Å². The lowest BCUT2D eigenvalue weighted by atomic mass is 9.81. The van der Waals surface area contributed by atoms with Crippen LogP contribution in [0, 0.1) is 12.7 Å². The van der Waals surface area contributed by atoms with Gasteiger partial charge < -0.3 is 15.1 Å². The minimum Gasteiger partial charge on any atom is -0.480 e. The van der Waals surface area contributed by atoms with E-state index >= 15 is 0 Å². The second kappa shape index (κ2) is 11.8. The van der Waals surface area contributed by atoms with E-state index in [0.717, 1.165) is 15.9 Å². The lowest BCUT2D eigenvalue weighted by Gasteiger charge is -2.34. The van der Waals surface area contributed by atoms with Crippen molar-refractivity contribution >= 4 is 23.7 Å². The Hall–Kier alpha value is -4.69. The van der Waals surface area contributed by atoms with Crippen LogP contribution in [-0.2, 0) is 27.4 Å². The van der Waals surface area contributed by atoms with Crippen LogP contribution in [0.3, 0.4) is 0 Å². The summed E-state index contributed by atoms with van der Waals surface area (Å²) in [5, 5.41) is 19.7. The van der Waals surface area contributed by atoms with Crippen molar-refractivity contribution in [2.24, 2.45) is 0 Å². The number of likely N-dealkylation sites (N-methyl/N-ethyl adjacent to an activating group) is 1. The van der Waals surface area contributed by atoms with Crippen molar-refractivity contribution in [3.8, 4) is 11.1 Å². The summed E-state index contributed by atoms with van der Waals surface area (Å²) in [7, 11) is 1.24. The molecule has 2 amide bonds. The molecule has 15 heteroatoms. The van der Waals surface area contributed by atoms with Gasteiger partial charge in [0.25, 0.3) is 0 Å². The van der Waals surface area contributed by atoms with Crippen LogP contribution < -0.4 is 4.90 Å². The highest BCUT2D eigenvalue weighted by atomic mass is 19.4. The molecule has 0 radical (unpaired) electrons. The largest absolute Gasteiger partial charge is 0.480 e. The Morgan fingerprint density at radius 1 is 0.915 bits per heavy atom. The number of benzene rings is 2. The van der Waals surface area contributed by atoms with Crippen LogP contribution in [0.5, 0.6) is 0 Å². The van der Waals surface area contributed by atoms with Crippen LogP contribution in [0.25, 0.3) is 11.1 Å². The van der Waals surface area contributed by atoms with E-state index in [1.807, 2.05) is 0 Å². The molecule has 8 nitrogen and oxygen atoms in total. The highest BCUT2D eigenvalue weighted by Gasteiger charge is 2.52. The average molecular weight is 670 g/mol. The van der Waals surface area contributed by atoms with E-state index in [2.05, 4.69) is 4.98 Å². The summed E-state index contributed by atoms with van der Waals surface area (Å²) in [6.45, 7) is 5.15. The van der Waals surface area contributed by atoms with E-state index in [1.54, 1.807) is 6.92 Å². The molecular weight excluding hydrogens is 639 g/mol. The molecule has 0 bridgehead atoms. The number of hydrogen-bond donors (Lipinski definition) is 2. The number of aryl methyl sites for hydroxylation is 1. The molecule has 2 heterocycles. The van der Waals surface area contributed by atoms with Crippen molar-refractivity contribution in [3.63, 3.8) is 0 Å². The predicted octanol–water partition coefficient (Wildman–Crippen LogP) is 7.83. The third-order valence-corrected chi connectivity index (χ3v) is 8.65. The summed E-state index contributed by atoms with van der Waals surface area (Å²) in [6, 6.07) is 4.99. The number of anilines is 1. The molecule has 1 saturated heterocycles. The van der Waals surface area contributed by atoms with E-state index < -0.39 is 69.8 Å². The number of nitrogens with zero attached hydrogens (tertiary/aromatic N) is 3. The molecule has 1 fully saturated rings. The standard InChI is InChI=1S/C32H30F7N3O5/c1-16-10-20(33)6-7-21(16)22-14-23(24-8-9-30(4,27(44)45)42(24)28(46)47)40-15-25(22)41(5)26(43)29(2,3)17-11-18(31(34,35)36)13-19(12-17)32(37,38)39/h6-7,10-15,24H,8-9H2,1-5H3,(H,44,45)(H,46,47)/t24-,30-/m1/s1. The number of halogens is 7. The highest BCUT2D eigenvalue weighted by molar-refractivity contribution is 6.03. The fourth-order valence-electron chi connectivity index (χ4n) is 5.87. The van der Waals surface area contributed by atoms with Gasteiger partial charge in [-0.25, -0.2) is 14.0 Å². The number of alkyl halides is 6. The van der Waals surface area contributed by atoms with Crippen LogP contribution >= 0.6 is 0 Å². The Morgan fingerprint density at radius 3 is 1.96 bits per heavy atom. The maximum Gasteiger partial charge on any atom is 0.416 e. The number of aromatic nitrogens is 1. The molecule has 252 valence electrons. The topological polar surface area (TPSA) is 111 Å². The fraction of sp³-hybridized carbons (Fsp3) is 0.375. The van der Waals surface area contributed by atoms with Gasteiger partial charge in [-0.15, -0.1) is 0 Å². The SMILES string of the molecule is Cc1cc(F)ccc1-c1cc([C@H]2CC[C@](C)(C(=O)O)N2C(=O)O)ncc1N(C)C(=O)C(C)(C)c1cc(C(F)(F)F)cc(C(F)(F)F)c1. The van der Waals surface area contributed by atoms with Gasteiger partial charge in [-0.2, -0.15) is 26.3 Å². The first-order valence-electron chi connectivity index (χ1n) is 14.1. The van der Waals surface area contributed by atoms with E-state index in [1.165, 1.54) is 52.2 Å². The smallest absolute Gasteiger partial charge is 0.416 e. The van der Waals surface area contributed by atoms with Crippen LogP contribution in [0.4, 0.5) is 41.2 Å². The first-order valence-corrected chi connectivity index (χ1v) is 14.1. The molecule has 2 aromatic carbocycles. The maximum absolute atomic E-state index is 14.1. The molecule has 2 atom stereocenters. The normalized spacial score (nSPS) is 18.7. The quantitative estimate of drug-likeness (QED) is 0.259. The van der Waals surface area contributed by atoms with Gasteiger partial charge in [-0.1, -0.05) is 6.07 Å². The number of aliphatic carboxylic acids is 1. The zero-order valence-electron chi connectivity index (χ0n) is 25.7. The minimum atomic E-state index is -5.14. The molecule has 4 rings (SSSR count). The predicted molar refractivity (Wildman–Crippen MR) is 155 cm³/mol. The number of carboxylic acids is 1. The fourth-order valence-corrected chi connectivity index (χ4v) is 5.87. The molecular formula is C32H30F7N3O5. The van der Waals surface area contributed by atoms with Gasteiger partial charge in [-0.05, 0) is 93.6 Å². The number of carboxylic acid groups (broad SMARTS) is 2. The number of amides is 2. The molecule has 2 N–H and O–H groups in total. The lowest BCUT2D eigenvalue weighted by molar-refractivity contribution is -0.148. The minimum absolute atomic E-state index is 0.0189. The van der Waals surface area contributed by atoms with Crippen molar-refractivity contribution in [1.29, 1.82) is 0 Å². The molecule has 0 spiro atoms. The van der Waals surface area contributed by atoms with E-state index in [4.69, 9.17) is 0 Å². The summed E-state index contributed by atoms with van der Waals surface area (Å²) < 4.78 is 95.8. The summed E-state index contributed by atoms with van der Waals surface area (Å²) in [5.41, 5.74) is -6.43. The van der Waals surface area contributed by atoms with Gasteiger partial charge >= 0.3 is 24.4 Å². The number of carbonyl (C=O) groups is 3. The van der Waals surface area contributed by atoms with Crippen molar-refractivity contribution in [2.75, 3.05) is 11.9 Å². The van der Waals surface area contributed by atoms with Crippen molar-refractivity contribution < 1.29 is 55.3 Å². The number of carbonyl (C=O) groups excluding carboxylic acids is 1. The third-order valence-electron chi connectivity index (χ3n) is 8.65. The van der Waals surface area contributed by atoms with E-state index in [0.29, 0.717) is 23.3 Å². The Kier molecular flexibility index (Phi) is 8.86. The second-order valence-electron chi connectivity index (χ2n) is 12.2. The molecule has 1 aliphatic heterocycles. The molecule has 1 aliphatic rings. The van der Waals surface area contributed by atoms with Crippen molar-refractivity contribution in [1.82, 2.24) is 9.88 Å². The Bertz CT molecular complexity index is 1720. The molecule has 0 unspecified atom stereocenters. The van der Waals surface area contributed by atoms with Gasteiger partial charge in [-0.3, -0.25) is 14.7 Å². The molecule has 0 aliphatic carbocycles. The lowest BCUT2D eigenvalue weighted by Crippen LogP contribution is -2.51. The molecule has 1 aromatic heterocycles. The Morgan fingerprint density at radius 2 is 1.47 bits per heavy atom. The summed E-state index contributed by atoms with van der Waals surface area (Å²) in [4.78, 5) is 44.3. The molecule has 47 heavy (non-hydrogen) atoms. The maximum atomic E-state index is 14.1.